The fourth-order valence-corrected chi connectivity index (χ4v) is 1.97. The van der Waals surface area contributed by atoms with Gasteiger partial charge in [0.1, 0.15) is 0 Å². The first-order valence-corrected chi connectivity index (χ1v) is 5.91. The van der Waals surface area contributed by atoms with Gasteiger partial charge in [0.15, 0.2) is 6.10 Å². The molecule has 0 aromatic rings. The van der Waals surface area contributed by atoms with Gasteiger partial charge in [0.25, 0.3) is 0 Å². The Balaban J connectivity index is 4.00. The van der Waals surface area contributed by atoms with Gasteiger partial charge < -0.3 is 9.84 Å². The van der Waals surface area contributed by atoms with Gasteiger partial charge in [-0.05, 0) is 0 Å². The van der Waals surface area contributed by atoms with Gasteiger partial charge in [0, 0.05) is 12.4 Å². The van der Waals surface area contributed by atoms with Crippen molar-refractivity contribution in [2.45, 2.75) is 6.10 Å². The summed E-state index contributed by atoms with van der Waals surface area (Å²) in [6, 6.07) is 0. The van der Waals surface area contributed by atoms with E-state index >= 15 is 0 Å². The highest BCUT2D eigenvalue weighted by molar-refractivity contribution is 7.89. The van der Waals surface area contributed by atoms with Crippen molar-refractivity contribution in [3.05, 3.63) is 0 Å². The zero-order chi connectivity index (χ0) is 11.2. The summed E-state index contributed by atoms with van der Waals surface area (Å²) in [7, 11) is -2.42. The van der Waals surface area contributed by atoms with Crippen LogP contribution in [-0.2, 0) is 19.6 Å². The summed E-state index contributed by atoms with van der Waals surface area (Å²) in [5.41, 5.74) is 0. The first-order chi connectivity index (χ1) is 6.43. The molecule has 0 aromatic heterocycles. The minimum absolute atomic E-state index is 0.0519. The summed E-state index contributed by atoms with van der Waals surface area (Å²) >= 11 is 5.22. The number of ether oxygens (including phenoxy) is 1. The van der Waals surface area contributed by atoms with Gasteiger partial charge in [-0.2, -0.15) is 0 Å². The van der Waals surface area contributed by atoms with E-state index in [-0.39, 0.29) is 11.6 Å². The van der Waals surface area contributed by atoms with Gasteiger partial charge in [-0.1, -0.05) is 0 Å². The molecule has 0 saturated heterocycles. The molecular weight excluding hydrogens is 234 g/mol. The van der Waals surface area contributed by atoms with E-state index in [0.29, 0.717) is 0 Å². The average Bonchev–Trinajstić information content (AvgIpc) is 2.13. The van der Waals surface area contributed by atoms with E-state index in [2.05, 4.69) is 4.74 Å². The molecule has 0 rings (SSSR count). The molecule has 0 heterocycles. The molecule has 1 atom stereocenters. The van der Waals surface area contributed by atoms with Crippen molar-refractivity contribution in [2.24, 2.45) is 0 Å². The van der Waals surface area contributed by atoms with Gasteiger partial charge >= 0.3 is 5.97 Å². The third-order valence-electron chi connectivity index (χ3n) is 1.32. The normalized spacial score (nSPS) is 13.6. The van der Waals surface area contributed by atoms with Crippen LogP contribution in [0.2, 0.25) is 0 Å². The lowest BCUT2D eigenvalue weighted by atomic mass is 10.4. The van der Waals surface area contributed by atoms with Crippen molar-refractivity contribution >= 4 is 27.6 Å². The highest BCUT2D eigenvalue weighted by atomic mass is 35.5. The zero-order valence-electron chi connectivity index (χ0n) is 7.57. The number of nitrogens with one attached hydrogen (secondary N) is 1. The van der Waals surface area contributed by atoms with E-state index in [1.54, 1.807) is 0 Å². The van der Waals surface area contributed by atoms with E-state index in [9.17, 15) is 13.2 Å². The smallest absolute Gasteiger partial charge is 0.336 e. The number of methoxy groups -OCH3 is 1. The van der Waals surface area contributed by atoms with Crippen LogP contribution in [0.3, 0.4) is 0 Å². The molecule has 0 fully saturated rings. The van der Waals surface area contributed by atoms with E-state index in [1.807, 2.05) is 4.72 Å². The Morgan fingerprint density at radius 3 is 2.64 bits per heavy atom. The predicted octanol–water partition coefficient (Wildman–Crippen LogP) is -1.32. The average molecular weight is 246 g/mol. The first kappa shape index (κ1) is 13.6. The summed E-state index contributed by atoms with van der Waals surface area (Å²) in [4.78, 5) is 10.7. The molecule has 0 aliphatic carbocycles. The molecule has 6 nitrogen and oxygen atoms in total. The van der Waals surface area contributed by atoms with Crippen LogP contribution in [0, 0.1) is 0 Å². The van der Waals surface area contributed by atoms with Crippen LogP contribution in [0.25, 0.3) is 0 Å². The quantitative estimate of drug-likeness (QED) is 0.447. The van der Waals surface area contributed by atoms with Crippen LogP contribution < -0.4 is 4.72 Å². The Labute approximate surface area is 87.2 Å². The number of sulfonamides is 1. The fraction of sp³-hybridized carbons (Fsp3) is 0.833. The number of carbonyl (C=O) groups is 1. The van der Waals surface area contributed by atoms with Crippen molar-refractivity contribution in [1.29, 1.82) is 0 Å². The molecule has 1 unspecified atom stereocenters. The topological polar surface area (TPSA) is 92.7 Å². The number of hydrogen-bond acceptors (Lipinski definition) is 5. The van der Waals surface area contributed by atoms with E-state index in [4.69, 9.17) is 16.7 Å². The van der Waals surface area contributed by atoms with Crippen molar-refractivity contribution in [3.63, 3.8) is 0 Å². The summed E-state index contributed by atoms with van der Waals surface area (Å²) in [5, 5.41) is 9.01. The molecule has 14 heavy (non-hydrogen) atoms. The van der Waals surface area contributed by atoms with Crippen molar-refractivity contribution in [2.75, 3.05) is 25.3 Å². The van der Waals surface area contributed by atoms with Crippen molar-refractivity contribution < 1.29 is 23.1 Å². The maximum Gasteiger partial charge on any atom is 0.336 e. The van der Waals surface area contributed by atoms with Crippen LogP contribution >= 0.6 is 11.6 Å². The molecule has 0 amide bonds. The van der Waals surface area contributed by atoms with Crippen LogP contribution in [0.1, 0.15) is 0 Å². The largest absolute Gasteiger partial charge is 0.467 e. The molecule has 0 aliphatic rings. The van der Waals surface area contributed by atoms with Gasteiger partial charge in [0.05, 0.1) is 12.9 Å². The number of aliphatic hydroxyl groups is 1. The maximum absolute atomic E-state index is 11.0. The summed E-state index contributed by atoms with van der Waals surface area (Å²) in [6.07, 6.45) is -1.50. The minimum Gasteiger partial charge on any atom is -0.467 e. The Morgan fingerprint density at radius 2 is 2.21 bits per heavy atom. The second-order valence-electron chi connectivity index (χ2n) is 2.40. The minimum atomic E-state index is -3.52. The molecule has 0 saturated carbocycles. The maximum atomic E-state index is 11.0. The molecule has 0 bridgehead atoms. The highest BCUT2D eigenvalue weighted by Crippen LogP contribution is 1.90. The number of aliphatic hydroxyl groups excluding tert-OH is 1. The monoisotopic (exact) mass is 245 g/mol. The summed E-state index contributed by atoms with van der Waals surface area (Å²) < 4.78 is 28.2. The van der Waals surface area contributed by atoms with Crippen LogP contribution in [0.5, 0.6) is 0 Å². The van der Waals surface area contributed by atoms with Crippen molar-refractivity contribution in [3.8, 4) is 0 Å². The fourth-order valence-electron chi connectivity index (χ4n) is 0.599. The SMILES string of the molecule is COC(=O)C(O)CNS(=O)(=O)CCCl. The number of esters is 1. The highest BCUT2D eigenvalue weighted by Gasteiger charge is 2.18. The van der Waals surface area contributed by atoms with Gasteiger partial charge in [-0.15, -0.1) is 11.6 Å². The number of rotatable bonds is 6. The van der Waals surface area contributed by atoms with Gasteiger partial charge in [-0.3, -0.25) is 0 Å². The van der Waals surface area contributed by atoms with Crippen molar-refractivity contribution in [1.82, 2.24) is 4.72 Å². The second-order valence-corrected chi connectivity index (χ2v) is 4.70. The third kappa shape index (κ3) is 5.38. The van der Waals surface area contributed by atoms with Crippen LogP contribution in [0.15, 0.2) is 0 Å². The molecule has 2 N–H and O–H groups in total. The lowest BCUT2D eigenvalue weighted by molar-refractivity contribution is -0.149. The molecule has 0 spiro atoms. The molecule has 8 heteroatoms. The second kappa shape index (κ2) is 6.18. The van der Waals surface area contributed by atoms with Gasteiger partial charge in [0.2, 0.25) is 10.0 Å². The molecule has 0 aromatic carbocycles. The number of carbonyl (C=O) groups excluding carboxylic acids is 1. The number of hydrogen-bond donors (Lipinski definition) is 2. The predicted molar refractivity (Wildman–Crippen MR) is 50.5 cm³/mol. The summed E-state index contributed by atoms with van der Waals surface area (Å²) in [5.74, 6) is -1.20. The Hall–Kier alpha value is -0.370. The lowest BCUT2D eigenvalue weighted by Gasteiger charge is -2.09. The van der Waals surface area contributed by atoms with Crippen LogP contribution in [-0.4, -0.2) is 50.9 Å². The standard InChI is InChI=1S/C6H12ClNO5S/c1-13-6(10)5(9)4-8-14(11,12)3-2-7/h5,8-9H,2-4H2,1H3. The summed E-state index contributed by atoms with van der Waals surface area (Å²) in [6.45, 7) is -0.411. The zero-order valence-corrected chi connectivity index (χ0v) is 9.14. The van der Waals surface area contributed by atoms with E-state index < -0.39 is 28.6 Å². The Morgan fingerprint density at radius 1 is 1.64 bits per heavy atom. The van der Waals surface area contributed by atoms with E-state index in [1.165, 1.54) is 0 Å². The molecule has 84 valence electrons. The first-order valence-electron chi connectivity index (χ1n) is 3.72. The number of alkyl halides is 1. The third-order valence-corrected chi connectivity index (χ3v) is 3.08. The molecular formula is C6H12ClNO5S. The lowest BCUT2D eigenvalue weighted by Crippen LogP contribution is -2.38. The van der Waals surface area contributed by atoms with Gasteiger partial charge in [-0.25, -0.2) is 17.9 Å². The molecule has 0 aliphatic heterocycles. The van der Waals surface area contributed by atoms with Crippen LogP contribution in [0.4, 0.5) is 0 Å². The van der Waals surface area contributed by atoms with E-state index in [0.717, 1.165) is 7.11 Å². The molecule has 0 radical (unpaired) electrons. The number of halogens is 1. The Bertz CT molecular complexity index is 278. The Kier molecular flexibility index (Phi) is 6.01.